The Bertz CT molecular complexity index is 779. The summed E-state index contributed by atoms with van der Waals surface area (Å²) in [5.74, 6) is 0.292. The van der Waals surface area contributed by atoms with Gasteiger partial charge >= 0.3 is 0 Å². The highest BCUT2D eigenvalue weighted by molar-refractivity contribution is 7.89. The average Bonchev–Trinajstić information content (AvgIpc) is 3.40. The molecule has 27 heavy (non-hydrogen) atoms. The van der Waals surface area contributed by atoms with Crippen LogP contribution in [0.5, 0.6) is 0 Å². The highest BCUT2D eigenvalue weighted by atomic mass is 32.2. The third-order valence-electron chi connectivity index (χ3n) is 6.45. The zero-order valence-electron chi connectivity index (χ0n) is 15.7. The van der Waals surface area contributed by atoms with Gasteiger partial charge in [0.2, 0.25) is 15.9 Å². The van der Waals surface area contributed by atoms with Crippen molar-refractivity contribution in [1.82, 2.24) is 14.9 Å². The molecule has 1 unspecified atom stereocenters. The third kappa shape index (κ3) is 3.91. The fraction of sp³-hybridized carbons (Fsp3) is 0.650. The van der Waals surface area contributed by atoms with Gasteiger partial charge in [-0.2, -0.15) is 4.31 Å². The lowest BCUT2D eigenvalue weighted by Crippen LogP contribution is -2.35. The van der Waals surface area contributed by atoms with Crippen molar-refractivity contribution in [1.29, 1.82) is 0 Å². The lowest BCUT2D eigenvalue weighted by atomic mass is 9.92. The molecule has 6 nitrogen and oxygen atoms in total. The lowest BCUT2D eigenvalue weighted by molar-refractivity contribution is -0.123. The first-order valence-corrected chi connectivity index (χ1v) is 11.5. The van der Waals surface area contributed by atoms with Gasteiger partial charge in [0.1, 0.15) is 0 Å². The molecule has 7 heteroatoms. The molecule has 0 bridgehead atoms. The molecule has 2 aliphatic heterocycles. The van der Waals surface area contributed by atoms with E-state index in [2.05, 4.69) is 10.6 Å². The van der Waals surface area contributed by atoms with Crippen LogP contribution in [0.1, 0.15) is 44.1 Å². The smallest absolute Gasteiger partial charge is 0.243 e. The fourth-order valence-corrected chi connectivity index (χ4v) is 6.06. The topological polar surface area (TPSA) is 78.5 Å². The predicted molar refractivity (Wildman–Crippen MR) is 104 cm³/mol. The molecule has 3 aliphatic rings. The number of sulfonamides is 1. The fourth-order valence-electron chi connectivity index (χ4n) is 4.54. The molecule has 4 rings (SSSR count). The number of amides is 1. The van der Waals surface area contributed by atoms with Gasteiger partial charge < -0.3 is 10.6 Å². The van der Waals surface area contributed by atoms with Gasteiger partial charge in [-0.15, -0.1) is 0 Å². The van der Waals surface area contributed by atoms with Gasteiger partial charge in [-0.3, -0.25) is 4.79 Å². The van der Waals surface area contributed by atoms with Gasteiger partial charge in [-0.1, -0.05) is 18.6 Å². The average molecular weight is 392 g/mol. The Balaban J connectivity index is 1.32. The van der Waals surface area contributed by atoms with E-state index in [0.29, 0.717) is 24.5 Å². The minimum atomic E-state index is -3.39. The molecule has 2 N–H and O–H groups in total. The summed E-state index contributed by atoms with van der Waals surface area (Å²) in [6, 6.07) is 6.95. The molecule has 2 saturated heterocycles. The molecule has 1 atom stereocenters. The molecule has 1 spiro atoms. The van der Waals surface area contributed by atoms with Gasteiger partial charge in [0.05, 0.1) is 4.90 Å². The highest BCUT2D eigenvalue weighted by Gasteiger charge is 2.57. The van der Waals surface area contributed by atoms with Gasteiger partial charge in [0, 0.05) is 25.6 Å². The van der Waals surface area contributed by atoms with E-state index in [1.54, 1.807) is 16.4 Å². The van der Waals surface area contributed by atoms with E-state index in [1.165, 1.54) is 0 Å². The van der Waals surface area contributed by atoms with E-state index < -0.39 is 10.0 Å². The van der Waals surface area contributed by atoms with Crippen LogP contribution in [-0.2, 0) is 21.4 Å². The van der Waals surface area contributed by atoms with Crippen LogP contribution in [0.3, 0.4) is 0 Å². The quantitative estimate of drug-likeness (QED) is 0.803. The maximum Gasteiger partial charge on any atom is 0.243 e. The molecule has 1 saturated carbocycles. The summed E-state index contributed by atoms with van der Waals surface area (Å²) in [4.78, 5) is 12.8. The van der Waals surface area contributed by atoms with Crippen LogP contribution in [0.25, 0.3) is 0 Å². The number of hydrogen-bond donors (Lipinski definition) is 2. The van der Waals surface area contributed by atoms with E-state index in [-0.39, 0.29) is 17.2 Å². The monoisotopic (exact) mass is 391 g/mol. The SMILES string of the molecule is O=C(NCc1ccc(S(=O)(=O)N2CCCCC2)cc1)C1CC12CCNCC2. The number of benzene rings is 1. The van der Waals surface area contributed by atoms with Gasteiger partial charge in [-0.25, -0.2) is 8.42 Å². The zero-order chi connectivity index (χ0) is 18.9. The molecule has 2 heterocycles. The molecule has 1 aliphatic carbocycles. The van der Waals surface area contributed by atoms with Gasteiger partial charge in [0.15, 0.2) is 0 Å². The summed E-state index contributed by atoms with van der Waals surface area (Å²) >= 11 is 0. The Morgan fingerprint density at radius 2 is 1.78 bits per heavy atom. The number of carbonyl (C=O) groups excluding carboxylic acids is 1. The van der Waals surface area contributed by atoms with Crippen molar-refractivity contribution in [2.75, 3.05) is 26.2 Å². The highest BCUT2D eigenvalue weighted by Crippen LogP contribution is 2.58. The second-order valence-electron chi connectivity index (χ2n) is 8.20. The summed E-state index contributed by atoms with van der Waals surface area (Å²) < 4.78 is 27.0. The van der Waals surface area contributed by atoms with Crippen LogP contribution < -0.4 is 10.6 Å². The summed E-state index contributed by atoms with van der Waals surface area (Å²) in [5.41, 5.74) is 1.17. The van der Waals surface area contributed by atoms with Crippen molar-refractivity contribution < 1.29 is 13.2 Å². The van der Waals surface area contributed by atoms with Crippen molar-refractivity contribution >= 4 is 15.9 Å². The van der Waals surface area contributed by atoms with Crippen molar-refractivity contribution in [3.63, 3.8) is 0 Å². The largest absolute Gasteiger partial charge is 0.352 e. The first kappa shape index (κ1) is 18.9. The van der Waals surface area contributed by atoms with Gasteiger partial charge in [0.25, 0.3) is 0 Å². The Morgan fingerprint density at radius 1 is 1.11 bits per heavy atom. The number of nitrogens with zero attached hydrogens (tertiary/aromatic N) is 1. The minimum Gasteiger partial charge on any atom is -0.352 e. The maximum absolute atomic E-state index is 12.7. The van der Waals surface area contributed by atoms with E-state index >= 15 is 0 Å². The minimum absolute atomic E-state index is 0.141. The van der Waals surface area contributed by atoms with Crippen molar-refractivity contribution in [3.05, 3.63) is 29.8 Å². The predicted octanol–water partition coefficient (Wildman–Crippen LogP) is 1.87. The Hall–Kier alpha value is -1.44. The van der Waals surface area contributed by atoms with E-state index in [4.69, 9.17) is 0 Å². The molecular formula is C20H29N3O3S. The van der Waals surface area contributed by atoms with Crippen LogP contribution in [-0.4, -0.2) is 44.8 Å². The summed E-state index contributed by atoms with van der Waals surface area (Å²) in [7, 11) is -3.39. The summed E-state index contributed by atoms with van der Waals surface area (Å²) in [5, 5.41) is 6.39. The Morgan fingerprint density at radius 3 is 2.44 bits per heavy atom. The lowest BCUT2D eigenvalue weighted by Gasteiger charge is -2.25. The number of carbonyl (C=O) groups is 1. The summed E-state index contributed by atoms with van der Waals surface area (Å²) in [6.07, 6.45) is 6.16. The van der Waals surface area contributed by atoms with E-state index in [0.717, 1.165) is 57.2 Å². The molecule has 1 aromatic carbocycles. The standard InChI is InChI=1S/C20H29N3O3S/c24-19(18-14-20(18)8-10-21-11-9-20)22-15-16-4-6-17(7-5-16)27(25,26)23-12-2-1-3-13-23/h4-7,18,21H,1-3,8-15H2,(H,22,24). The molecule has 1 amide bonds. The number of nitrogens with one attached hydrogen (secondary N) is 2. The number of piperidine rings is 2. The molecule has 148 valence electrons. The van der Waals surface area contributed by atoms with Crippen LogP contribution in [0, 0.1) is 11.3 Å². The zero-order valence-corrected chi connectivity index (χ0v) is 16.6. The van der Waals surface area contributed by atoms with Crippen molar-refractivity contribution in [2.45, 2.75) is 50.0 Å². The third-order valence-corrected chi connectivity index (χ3v) is 8.36. The first-order chi connectivity index (χ1) is 13.0. The number of hydrogen-bond acceptors (Lipinski definition) is 4. The van der Waals surface area contributed by atoms with E-state index in [1.807, 2.05) is 12.1 Å². The van der Waals surface area contributed by atoms with Crippen molar-refractivity contribution in [2.24, 2.45) is 11.3 Å². The second kappa shape index (κ2) is 7.53. The molecule has 0 radical (unpaired) electrons. The van der Waals surface area contributed by atoms with Crippen LogP contribution in [0.2, 0.25) is 0 Å². The Kier molecular flexibility index (Phi) is 5.27. The second-order valence-corrected chi connectivity index (χ2v) is 10.1. The van der Waals surface area contributed by atoms with Crippen LogP contribution >= 0.6 is 0 Å². The van der Waals surface area contributed by atoms with Crippen LogP contribution in [0.15, 0.2) is 29.2 Å². The molecule has 0 aromatic heterocycles. The molecule has 3 fully saturated rings. The van der Waals surface area contributed by atoms with Gasteiger partial charge in [-0.05, 0) is 68.3 Å². The molecular weight excluding hydrogens is 362 g/mol. The normalized spacial score (nSPS) is 25.3. The maximum atomic E-state index is 12.7. The van der Waals surface area contributed by atoms with Crippen molar-refractivity contribution in [3.8, 4) is 0 Å². The molecule has 1 aromatic rings. The van der Waals surface area contributed by atoms with Crippen LogP contribution in [0.4, 0.5) is 0 Å². The van der Waals surface area contributed by atoms with E-state index in [9.17, 15) is 13.2 Å². The first-order valence-electron chi connectivity index (χ1n) is 10.1. The summed E-state index contributed by atoms with van der Waals surface area (Å²) in [6.45, 7) is 3.69. The number of rotatable bonds is 5. The Labute approximate surface area is 161 Å².